The van der Waals surface area contributed by atoms with Crippen LogP contribution < -0.4 is 4.72 Å². The molecule has 7 heteroatoms. The normalized spacial score (nSPS) is 27.6. The summed E-state index contributed by atoms with van der Waals surface area (Å²) in [4.78, 5) is 13.5. The van der Waals surface area contributed by atoms with E-state index in [0.717, 1.165) is 11.1 Å². The highest BCUT2D eigenvalue weighted by molar-refractivity contribution is 7.84. The monoisotopic (exact) mass is 431 g/mol. The number of carbonyl (C=O) groups is 1. The molecule has 1 saturated heterocycles. The molecule has 3 rings (SSSR count). The van der Waals surface area contributed by atoms with Crippen LogP contribution in [0.4, 0.5) is 4.79 Å². The maximum absolute atomic E-state index is 13.1. The number of nitriles is 1. The molecule has 0 radical (unpaired) electrons. The van der Waals surface area contributed by atoms with Crippen molar-refractivity contribution in [2.24, 2.45) is 10.8 Å². The molecule has 1 heterocycles. The number of nitrogens with zero attached hydrogens (tertiary/aromatic N) is 2. The molecule has 1 fully saturated rings. The van der Waals surface area contributed by atoms with Crippen molar-refractivity contribution < 1.29 is 14.1 Å². The molecule has 2 aliphatic rings. The number of nitrogens with one attached hydrogen (secondary N) is 1. The average molecular weight is 432 g/mol. The molecule has 0 bridgehead atoms. The first-order valence-electron chi connectivity index (χ1n) is 10.5. The summed E-state index contributed by atoms with van der Waals surface area (Å²) >= 11 is 0. The number of fused-ring (bicyclic) bond motifs is 1. The number of hydrogen-bond acceptors (Lipinski definition) is 3. The molecule has 1 amide bonds. The SMILES string of the molecule is CC(C)(C)[C@@H]1CC2(CCN1C(=O)O)Cc1c(C#N)cccc1C2N[S@](=O)C(C)(C)C. The molecule has 1 aliphatic carbocycles. The number of hydrogen-bond donors (Lipinski definition) is 2. The van der Waals surface area contributed by atoms with Crippen molar-refractivity contribution in [1.82, 2.24) is 9.62 Å². The first kappa shape index (κ1) is 22.8. The minimum absolute atomic E-state index is 0.157. The summed E-state index contributed by atoms with van der Waals surface area (Å²) in [5, 5.41) is 19.5. The van der Waals surface area contributed by atoms with Gasteiger partial charge >= 0.3 is 6.09 Å². The molecule has 0 saturated carbocycles. The van der Waals surface area contributed by atoms with Gasteiger partial charge in [-0.3, -0.25) is 0 Å². The van der Waals surface area contributed by atoms with Crippen molar-refractivity contribution in [3.8, 4) is 6.07 Å². The number of amides is 1. The summed E-state index contributed by atoms with van der Waals surface area (Å²) in [5.74, 6) is 0. The quantitative estimate of drug-likeness (QED) is 0.726. The van der Waals surface area contributed by atoms with Gasteiger partial charge in [0.2, 0.25) is 0 Å². The molecule has 1 spiro atoms. The first-order valence-corrected chi connectivity index (χ1v) is 11.6. The van der Waals surface area contributed by atoms with Crippen LogP contribution in [0.25, 0.3) is 0 Å². The van der Waals surface area contributed by atoms with Crippen molar-refractivity contribution in [2.75, 3.05) is 6.54 Å². The first-order chi connectivity index (χ1) is 13.8. The summed E-state index contributed by atoms with van der Waals surface area (Å²) in [7, 11) is -1.28. The van der Waals surface area contributed by atoms with Crippen molar-refractivity contribution in [3.05, 3.63) is 34.9 Å². The molecule has 6 nitrogen and oxygen atoms in total. The van der Waals surface area contributed by atoms with Crippen molar-refractivity contribution >= 4 is 17.1 Å². The Labute approximate surface area is 182 Å². The fourth-order valence-corrected chi connectivity index (χ4v) is 5.90. The maximum Gasteiger partial charge on any atom is 0.407 e. The molecular formula is C23H33N3O3S. The predicted molar refractivity (Wildman–Crippen MR) is 118 cm³/mol. The third kappa shape index (κ3) is 4.00. The Hall–Kier alpha value is -1.91. The highest BCUT2D eigenvalue weighted by Gasteiger charge is 2.54. The van der Waals surface area contributed by atoms with E-state index < -0.39 is 21.8 Å². The smallest absolute Gasteiger partial charge is 0.407 e. The molecule has 2 N–H and O–H groups in total. The van der Waals surface area contributed by atoms with E-state index in [2.05, 4.69) is 31.6 Å². The second-order valence-electron chi connectivity index (χ2n) is 10.8. The van der Waals surface area contributed by atoms with Crippen LogP contribution in [0.15, 0.2) is 18.2 Å². The van der Waals surface area contributed by atoms with Gasteiger partial charge in [-0.1, -0.05) is 32.9 Å². The minimum atomic E-state index is -1.28. The highest BCUT2D eigenvalue weighted by Crippen LogP contribution is 2.56. The Morgan fingerprint density at radius 1 is 1.30 bits per heavy atom. The van der Waals surface area contributed by atoms with Crippen LogP contribution >= 0.6 is 0 Å². The fraction of sp³-hybridized carbons (Fsp3) is 0.652. The summed E-state index contributed by atoms with van der Waals surface area (Å²) < 4.78 is 16.1. The number of rotatable bonds is 2. The molecule has 0 aromatic heterocycles. The summed E-state index contributed by atoms with van der Waals surface area (Å²) in [5.41, 5.74) is 2.19. The van der Waals surface area contributed by atoms with Crippen molar-refractivity contribution in [2.45, 2.75) is 77.6 Å². The standard InChI is InChI=1S/C23H33N3O3S/c1-21(2,3)18-13-23(10-11-26(18)20(27)28)12-17-15(14-24)8-7-9-16(17)19(23)25-30(29)22(4,5)6/h7-9,18-19,25H,10-13H2,1-6H3,(H,27,28)/t18-,19?,23?,30+/m0/s1. The summed E-state index contributed by atoms with van der Waals surface area (Å²) in [6.07, 6.45) is 1.15. The van der Waals surface area contributed by atoms with Crippen LogP contribution in [0.5, 0.6) is 0 Å². The molecule has 1 aromatic carbocycles. The van der Waals surface area contributed by atoms with Gasteiger partial charge in [0.05, 0.1) is 33.4 Å². The third-order valence-electron chi connectivity index (χ3n) is 6.64. The number of piperidine rings is 1. The molecule has 164 valence electrons. The van der Waals surface area contributed by atoms with E-state index in [1.54, 1.807) is 4.90 Å². The maximum atomic E-state index is 13.1. The van der Waals surface area contributed by atoms with Gasteiger partial charge in [-0.15, -0.1) is 0 Å². The Bertz CT molecular complexity index is 910. The van der Waals surface area contributed by atoms with E-state index >= 15 is 0 Å². The van der Waals surface area contributed by atoms with Gasteiger partial charge in [0.25, 0.3) is 0 Å². The third-order valence-corrected chi connectivity index (χ3v) is 8.20. The number of carboxylic acid groups (broad SMARTS) is 1. The van der Waals surface area contributed by atoms with Gasteiger partial charge in [-0.25, -0.2) is 13.7 Å². The van der Waals surface area contributed by atoms with Crippen LogP contribution in [0, 0.1) is 22.2 Å². The zero-order valence-electron chi connectivity index (χ0n) is 18.8. The average Bonchev–Trinajstić information content (AvgIpc) is 2.93. The van der Waals surface area contributed by atoms with Gasteiger partial charge in [0.1, 0.15) is 0 Å². The topological polar surface area (TPSA) is 93.4 Å². The number of benzene rings is 1. The molecule has 4 atom stereocenters. The lowest BCUT2D eigenvalue weighted by Crippen LogP contribution is -2.57. The fourth-order valence-electron chi connectivity index (χ4n) is 4.96. The van der Waals surface area contributed by atoms with Gasteiger partial charge in [0, 0.05) is 12.6 Å². The van der Waals surface area contributed by atoms with E-state index in [0.29, 0.717) is 31.4 Å². The van der Waals surface area contributed by atoms with E-state index in [-0.39, 0.29) is 22.9 Å². The zero-order chi connectivity index (χ0) is 22.5. The van der Waals surface area contributed by atoms with Gasteiger partial charge < -0.3 is 10.0 Å². The predicted octanol–water partition coefficient (Wildman–Crippen LogP) is 4.38. The van der Waals surface area contributed by atoms with Crippen LogP contribution in [0.1, 0.15) is 77.1 Å². The lowest BCUT2D eigenvalue weighted by Gasteiger charge is -2.51. The second-order valence-corrected chi connectivity index (χ2v) is 12.8. The van der Waals surface area contributed by atoms with Gasteiger partial charge in [0.15, 0.2) is 0 Å². The number of likely N-dealkylation sites (tertiary alicyclic amines) is 1. The van der Waals surface area contributed by atoms with E-state index in [4.69, 9.17) is 0 Å². The van der Waals surface area contributed by atoms with Crippen LogP contribution in [0.2, 0.25) is 0 Å². The van der Waals surface area contributed by atoms with Crippen molar-refractivity contribution in [3.63, 3.8) is 0 Å². The Morgan fingerprint density at radius 3 is 2.50 bits per heavy atom. The minimum Gasteiger partial charge on any atom is -0.465 e. The lowest BCUT2D eigenvalue weighted by molar-refractivity contribution is -0.00498. The van der Waals surface area contributed by atoms with E-state index in [1.165, 1.54) is 0 Å². The van der Waals surface area contributed by atoms with E-state index in [9.17, 15) is 19.4 Å². The highest BCUT2D eigenvalue weighted by atomic mass is 32.2. The molecule has 1 aliphatic heterocycles. The molecule has 2 unspecified atom stereocenters. The lowest BCUT2D eigenvalue weighted by atomic mass is 9.66. The Kier molecular flexibility index (Phi) is 5.81. The Morgan fingerprint density at radius 2 is 1.97 bits per heavy atom. The van der Waals surface area contributed by atoms with Crippen molar-refractivity contribution in [1.29, 1.82) is 5.26 Å². The molecule has 30 heavy (non-hydrogen) atoms. The van der Waals surface area contributed by atoms with Gasteiger partial charge in [-0.2, -0.15) is 5.26 Å². The van der Waals surface area contributed by atoms with E-state index in [1.807, 2.05) is 39.0 Å². The Balaban J connectivity index is 2.08. The molecule has 1 aromatic rings. The zero-order valence-corrected chi connectivity index (χ0v) is 19.6. The largest absolute Gasteiger partial charge is 0.465 e. The van der Waals surface area contributed by atoms with Crippen LogP contribution in [0.3, 0.4) is 0 Å². The van der Waals surface area contributed by atoms with Crippen LogP contribution in [-0.2, 0) is 17.4 Å². The van der Waals surface area contributed by atoms with Crippen LogP contribution in [-0.4, -0.2) is 37.6 Å². The summed E-state index contributed by atoms with van der Waals surface area (Å²) in [6, 6.07) is 7.73. The summed E-state index contributed by atoms with van der Waals surface area (Å²) in [6.45, 7) is 12.5. The molecular weight excluding hydrogens is 398 g/mol. The second kappa shape index (κ2) is 7.65. The van der Waals surface area contributed by atoms with Gasteiger partial charge in [-0.05, 0) is 68.1 Å².